The van der Waals surface area contributed by atoms with Gasteiger partial charge in [-0.2, -0.15) is 0 Å². The van der Waals surface area contributed by atoms with E-state index in [0.717, 1.165) is 5.56 Å². The summed E-state index contributed by atoms with van der Waals surface area (Å²) in [5, 5.41) is 11.3. The van der Waals surface area contributed by atoms with Crippen molar-refractivity contribution in [1.29, 1.82) is 0 Å². The summed E-state index contributed by atoms with van der Waals surface area (Å²) >= 11 is 0. The normalized spacial score (nSPS) is 11.8. The summed E-state index contributed by atoms with van der Waals surface area (Å²) in [6.45, 7) is 0.177. The minimum atomic E-state index is -0.959. The van der Waals surface area contributed by atoms with Gasteiger partial charge in [-0.1, -0.05) is 12.1 Å². The maximum absolute atomic E-state index is 11.7. The monoisotopic (exact) mass is 266 g/mol. The molecule has 0 aliphatic heterocycles. The van der Waals surface area contributed by atoms with Crippen molar-refractivity contribution in [2.45, 2.75) is 18.9 Å². The van der Waals surface area contributed by atoms with Gasteiger partial charge in [0.15, 0.2) is 0 Å². The topological polar surface area (TPSA) is 102 Å². The molecule has 6 nitrogen and oxygen atoms in total. The fraction of sp³-hybridized carbons (Fsp3) is 0.385. The summed E-state index contributed by atoms with van der Waals surface area (Å²) in [5.41, 5.74) is 7.04. The number of carbonyl (C=O) groups excluding carboxylic acids is 1. The van der Waals surface area contributed by atoms with Crippen LogP contribution >= 0.6 is 0 Å². The van der Waals surface area contributed by atoms with Gasteiger partial charge in [-0.15, -0.1) is 0 Å². The molecule has 0 aliphatic rings. The fourth-order valence-corrected chi connectivity index (χ4v) is 1.54. The van der Waals surface area contributed by atoms with Crippen molar-refractivity contribution in [3.63, 3.8) is 0 Å². The lowest BCUT2D eigenvalue weighted by Gasteiger charge is -2.13. The van der Waals surface area contributed by atoms with Crippen LogP contribution in [0.4, 0.5) is 5.69 Å². The Morgan fingerprint density at radius 3 is 2.53 bits per heavy atom. The number of methoxy groups -OCH3 is 1. The number of carboxylic acid groups (broad SMARTS) is 1. The Balaban J connectivity index is 2.38. The highest BCUT2D eigenvalue weighted by Gasteiger charge is 2.13. The molecule has 1 aromatic rings. The second-order valence-corrected chi connectivity index (χ2v) is 4.18. The first-order valence-corrected chi connectivity index (χ1v) is 5.87. The molecule has 6 heteroatoms. The number of nitrogen functional groups attached to an aromatic ring is 1. The van der Waals surface area contributed by atoms with E-state index in [0.29, 0.717) is 5.69 Å². The molecule has 0 aromatic heterocycles. The predicted octanol–water partition coefficient (Wildman–Crippen LogP) is 0.417. The Kier molecular flexibility index (Phi) is 5.81. The molecule has 0 fully saturated rings. The molecule has 1 atom stereocenters. The summed E-state index contributed by atoms with van der Waals surface area (Å²) in [4.78, 5) is 22.2. The molecule has 1 aromatic carbocycles. The van der Waals surface area contributed by atoms with E-state index in [1.807, 2.05) is 0 Å². The van der Waals surface area contributed by atoms with Gasteiger partial charge in [-0.05, 0) is 17.7 Å². The van der Waals surface area contributed by atoms with E-state index in [1.54, 1.807) is 24.3 Å². The van der Waals surface area contributed by atoms with E-state index in [2.05, 4.69) is 5.32 Å². The van der Waals surface area contributed by atoms with Crippen molar-refractivity contribution in [3.05, 3.63) is 29.8 Å². The summed E-state index contributed by atoms with van der Waals surface area (Å²) in [6, 6.07) is 7.01. The van der Waals surface area contributed by atoms with Crippen LogP contribution in [0.3, 0.4) is 0 Å². The summed E-state index contributed by atoms with van der Waals surface area (Å²) in [7, 11) is 1.42. The second-order valence-electron chi connectivity index (χ2n) is 4.18. The molecule has 4 N–H and O–H groups in total. The summed E-state index contributed by atoms with van der Waals surface area (Å²) in [5.74, 6) is -1.14. The van der Waals surface area contributed by atoms with E-state index in [-0.39, 0.29) is 25.3 Å². The van der Waals surface area contributed by atoms with Gasteiger partial charge in [-0.3, -0.25) is 9.59 Å². The molecule has 0 heterocycles. The lowest BCUT2D eigenvalue weighted by Crippen LogP contribution is -2.35. The number of aliphatic carboxylic acids is 1. The number of nitrogens with two attached hydrogens (primary N) is 1. The van der Waals surface area contributed by atoms with Gasteiger partial charge in [0, 0.05) is 19.3 Å². The molecule has 0 bridgehead atoms. The van der Waals surface area contributed by atoms with Crippen molar-refractivity contribution in [2.75, 3.05) is 19.4 Å². The Morgan fingerprint density at radius 1 is 1.37 bits per heavy atom. The number of carboxylic acids is 1. The predicted molar refractivity (Wildman–Crippen MR) is 70.6 cm³/mol. The summed E-state index contributed by atoms with van der Waals surface area (Å²) < 4.78 is 4.97. The van der Waals surface area contributed by atoms with E-state index < -0.39 is 12.1 Å². The Bertz CT molecular complexity index is 431. The third-order valence-corrected chi connectivity index (χ3v) is 2.61. The maximum atomic E-state index is 11.7. The lowest BCUT2D eigenvalue weighted by atomic mass is 10.1. The molecule has 104 valence electrons. The van der Waals surface area contributed by atoms with Crippen LogP contribution < -0.4 is 11.1 Å². The van der Waals surface area contributed by atoms with Crippen molar-refractivity contribution in [3.8, 4) is 0 Å². The van der Waals surface area contributed by atoms with Crippen LogP contribution in [0.5, 0.6) is 0 Å². The first-order valence-electron chi connectivity index (χ1n) is 5.87. The van der Waals surface area contributed by atoms with Gasteiger partial charge in [-0.25, -0.2) is 0 Å². The van der Waals surface area contributed by atoms with Crippen molar-refractivity contribution in [2.24, 2.45) is 0 Å². The first kappa shape index (κ1) is 15.0. The summed E-state index contributed by atoms with van der Waals surface area (Å²) in [6.07, 6.45) is -0.435. The number of carbonyl (C=O) groups is 2. The zero-order valence-corrected chi connectivity index (χ0v) is 10.8. The highest BCUT2D eigenvalue weighted by Crippen LogP contribution is 2.06. The largest absolute Gasteiger partial charge is 0.481 e. The molecule has 1 unspecified atom stereocenters. The Morgan fingerprint density at radius 2 is 2.00 bits per heavy atom. The van der Waals surface area contributed by atoms with Crippen LogP contribution in [-0.4, -0.2) is 36.7 Å². The molecule has 0 aliphatic carbocycles. The van der Waals surface area contributed by atoms with E-state index >= 15 is 0 Å². The molecule has 1 amide bonds. The molecule has 1 rings (SSSR count). The number of anilines is 1. The van der Waals surface area contributed by atoms with Gasteiger partial charge in [0.25, 0.3) is 0 Å². The number of amides is 1. The number of ether oxygens (including phenoxy) is 1. The van der Waals surface area contributed by atoms with Crippen molar-refractivity contribution < 1.29 is 19.4 Å². The molecule has 0 saturated carbocycles. The Labute approximate surface area is 111 Å². The second kappa shape index (κ2) is 7.38. The fourth-order valence-electron chi connectivity index (χ4n) is 1.54. The van der Waals surface area contributed by atoms with Crippen LogP contribution in [0, 0.1) is 0 Å². The van der Waals surface area contributed by atoms with Crippen molar-refractivity contribution in [1.82, 2.24) is 5.32 Å². The zero-order valence-electron chi connectivity index (χ0n) is 10.8. The average molecular weight is 266 g/mol. The number of hydrogen-bond acceptors (Lipinski definition) is 4. The standard InChI is InChI=1S/C13H18N2O4/c1-19-11(7-13(17)18)8-15-12(16)6-9-2-4-10(14)5-3-9/h2-5,11H,6-8,14H2,1H3,(H,15,16)(H,17,18). The molecule has 19 heavy (non-hydrogen) atoms. The molecule has 0 saturated heterocycles. The number of benzene rings is 1. The maximum Gasteiger partial charge on any atom is 0.306 e. The minimum Gasteiger partial charge on any atom is -0.481 e. The van der Waals surface area contributed by atoms with Crippen LogP contribution in [-0.2, 0) is 20.7 Å². The highest BCUT2D eigenvalue weighted by molar-refractivity contribution is 5.78. The SMILES string of the molecule is COC(CNC(=O)Cc1ccc(N)cc1)CC(=O)O. The van der Waals surface area contributed by atoms with E-state index in [9.17, 15) is 9.59 Å². The third kappa shape index (κ3) is 5.87. The molecular weight excluding hydrogens is 248 g/mol. The number of hydrogen-bond donors (Lipinski definition) is 3. The lowest BCUT2D eigenvalue weighted by molar-refractivity contribution is -0.140. The number of nitrogens with one attached hydrogen (secondary N) is 1. The molecule has 0 spiro atoms. The first-order chi connectivity index (χ1) is 9.01. The minimum absolute atomic E-state index is 0.140. The van der Waals surface area contributed by atoms with E-state index in [1.165, 1.54) is 7.11 Å². The smallest absolute Gasteiger partial charge is 0.306 e. The molecule has 0 radical (unpaired) electrons. The average Bonchev–Trinajstić information content (AvgIpc) is 2.37. The van der Waals surface area contributed by atoms with Gasteiger partial charge < -0.3 is 20.9 Å². The highest BCUT2D eigenvalue weighted by atomic mass is 16.5. The van der Waals surface area contributed by atoms with Crippen LogP contribution in [0.1, 0.15) is 12.0 Å². The van der Waals surface area contributed by atoms with E-state index in [4.69, 9.17) is 15.6 Å². The third-order valence-electron chi connectivity index (χ3n) is 2.61. The van der Waals surface area contributed by atoms with Gasteiger partial charge in [0.2, 0.25) is 5.91 Å². The Hall–Kier alpha value is -2.08. The van der Waals surface area contributed by atoms with Gasteiger partial charge in [0.1, 0.15) is 0 Å². The molecular formula is C13H18N2O4. The number of rotatable bonds is 7. The zero-order chi connectivity index (χ0) is 14.3. The van der Waals surface area contributed by atoms with Gasteiger partial charge >= 0.3 is 5.97 Å². The van der Waals surface area contributed by atoms with Crippen LogP contribution in [0.25, 0.3) is 0 Å². The van der Waals surface area contributed by atoms with Gasteiger partial charge in [0.05, 0.1) is 18.9 Å². The quantitative estimate of drug-likeness (QED) is 0.621. The van der Waals surface area contributed by atoms with Crippen LogP contribution in [0.2, 0.25) is 0 Å². The van der Waals surface area contributed by atoms with Crippen LogP contribution in [0.15, 0.2) is 24.3 Å². The van der Waals surface area contributed by atoms with Crippen molar-refractivity contribution >= 4 is 17.6 Å².